The van der Waals surface area contributed by atoms with E-state index in [0.717, 1.165) is 27.5 Å². The third kappa shape index (κ3) is 3.86. The molecule has 6 aromatic carbocycles. The van der Waals surface area contributed by atoms with Gasteiger partial charge < -0.3 is 0 Å². The van der Waals surface area contributed by atoms with Crippen molar-refractivity contribution in [2.45, 2.75) is 0 Å². The van der Waals surface area contributed by atoms with Crippen LogP contribution in [0.2, 0.25) is 0 Å². The first-order chi connectivity index (χ1) is 22.3. The Morgan fingerprint density at radius 1 is 0.489 bits per heavy atom. The van der Waals surface area contributed by atoms with Gasteiger partial charge in [-0.3, -0.25) is 0 Å². The van der Waals surface area contributed by atoms with Gasteiger partial charge in [-0.15, -0.1) is 0 Å². The fraction of sp³-hybridized carbons (Fsp3) is 0. The van der Waals surface area contributed by atoms with Crippen molar-refractivity contribution < 1.29 is 4.42 Å². The van der Waals surface area contributed by atoms with Crippen LogP contribution in [0, 0.1) is 0 Å². The predicted molar refractivity (Wildman–Crippen MR) is 187 cm³/mol. The number of para-hydroxylation sites is 3. The molecule has 4 nitrogen and oxygen atoms in total. The molecule has 3 heterocycles. The molecule has 0 aliphatic carbocycles. The van der Waals surface area contributed by atoms with Gasteiger partial charge in [-0.05, 0) is 0 Å². The van der Waals surface area contributed by atoms with Crippen molar-refractivity contribution in [1.29, 1.82) is 0 Å². The van der Waals surface area contributed by atoms with Gasteiger partial charge in [0.2, 0.25) is 0 Å². The number of fused-ring (bicyclic) bond motifs is 6. The molecule has 0 bridgehead atoms. The van der Waals surface area contributed by atoms with E-state index in [1.807, 2.05) is 6.20 Å². The summed E-state index contributed by atoms with van der Waals surface area (Å²) in [6.45, 7) is 0. The van der Waals surface area contributed by atoms with E-state index < -0.39 is 13.3 Å². The normalized spacial score (nSPS) is 12.0. The quantitative estimate of drug-likeness (QED) is 0.194. The SMILES string of the molecule is c1cc[c]([Ge]([c]2ccccc2)([c]2ccccc2)[c]2cccc3c2oc2cnc(-n4c5ccccc5c5ccccc54)nc23)cc1. The van der Waals surface area contributed by atoms with Gasteiger partial charge in [0.15, 0.2) is 0 Å². The Bertz CT molecular complexity index is 2340. The zero-order chi connectivity index (χ0) is 29.8. The van der Waals surface area contributed by atoms with Crippen LogP contribution in [-0.2, 0) is 0 Å². The molecule has 45 heavy (non-hydrogen) atoms. The zero-order valence-corrected chi connectivity index (χ0v) is 26.4. The number of rotatable bonds is 5. The van der Waals surface area contributed by atoms with Crippen LogP contribution in [0.3, 0.4) is 0 Å². The minimum absolute atomic E-state index is 0.634. The summed E-state index contributed by atoms with van der Waals surface area (Å²) >= 11 is -3.57. The van der Waals surface area contributed by atoms with Crippen LogP contribution < -0.4 is 17.6 Å². The summed E-state index contributed by atoms with van der Waals surface area (Å²) in [6, 6.07) is 56.5. The Morgan fingerprint density at radius 2 is 0.978 bits per heavy atom. The van der Waals surface area contributed by atoms with Crippen molar-refractivity contribution in [3.63, 3.8) is 0 Å². The molecule has 3 aromatic heterocycles. The van der Waals surface area contributed by atoms with E-state index in [1.54, 1.807) is 0 Å². The molecule has 0 unspecified atom stereocenters. The van der Waals surface area contributed by atoms with Crippen molar-refractivity contribution in [3.8, 4) is 5.95 Å². The van der Waals surface area contributed by atoms with Gasteiger partial charge in [-0.1, -0.05) is 0 Å². The molecule has 0 N–H and O–H groups in total. The molecule has 0 atom stereocenters. The summed E-state index contributed by atoms with van der Waals surface area (Å²) in [4.78, 5) is 10.1. The fourth-order valence-electron chi connectivity index (χ4n) is 7.14. The summed E-state index contributed by atoms with van der Waals surface area (Å²) in [7, 11) is 0. The van der Waals surface area contributed by atoms with Crippen molar-refractivity contribution in [2.75, 3.05) is 0 Å². The first-order valence-electron chi connectivity index (χ1n) is 15.2. The van der Waals surface area contributed by atoms with Crippen LogP contribution in [0.1, 0.15) is 0 Å². The molecule has 0 fully saturated rings. The first-order valence-corrected chi connectivity index (χ1v) is 19.4. The molecule has 0 saturated carbocycles. The first kappa shape index (κ1) is 26.0. The van der Waals surface area contributed by atoms with Crippen molar-refractivity contribution in [3.05, 3.63) is 164 Å². The number of hydrogen-bond acceptors (Lipinski definition) is 3. The minimum atomic E-state index is -3.57. The van der Waals surface area contributed by atoms with Gasteiger partial charge >= 0.3 is 264 Å². The topological polar surface area (TPSA) is 43.9 Å². The second-order valence-electron chi connectivity index (χ2n) is 11.4. The Balaban J connectivity index is 1.36. The number of nitrogens with zero attached hydrogens (tertiary/aromatic N) is 3. The molecule has 0 aliphatic heterocycles. The maximum atomic E-state index is 6.81. The van der Waals surface area contributed by atoms with Crippen molar-refractivity contribution >= 4 is 74.7 Å². The standard InChI is InChI=1S/C40H27GeN3O/c1-4-15-28(16-5-1)41(29-17-6-2-7-18-29,30-19-8-3-9-20-30)34-24-14-23-33-38-37(45-39(33)34)27-42-40(43-38)44-35-25-12-10-21-31(35)32-22-11-13-26-36(32)44/h1-27H. The van der Waals surface area contributed by atoms with Crippen molar-refractivity contribution in [1.82, 2.24) is 14.5 Å². The molecule has 0 spiro atoms. The Labute approximate surface area is 262 Å². The number of hydrogen-bond donors (Lipinski definition) is 0. The molecule has 0 radical (unpaired) electrons. The molecule has 0 saturated heterocycles. The van der Waals surface area contributed by atoms with Gasteiger partial charge in [-0.2, -0.15) is 0 Å². The van der Waals surface area contributed by atoms with E-state index in [0.29, 0.717) is 11.5 Å². The van der Waals surface area contributed by atoms with Crippen LogP contribution >= 0.6 is 0 Å². The summed E-state index contributed by atoms with van der Waals surface area (Å²) in [5, 5.41) is 3.37. The fourth-order valence-corrected chi connectivity index (χ4v) is 17.4. The van der Waals surface area contributed by atoms with Gasteiger partial charge in [0.1, 0.15) is 0 Å². The molecule has 0 aliphatic rings. The molecule has 212 valence electrons. The molecule has 5 heteroatoms. The average molecular weight is 638 g/mol. The maximum absolute atomic E-state index is 6.81. The van der Waals surface area contributed by atoms with Crippen molar-refractivity contribution in [2.24, 2.45) is 0 Å². The molecule has 9 rings (SSSR count). The van der Waals surface area contributed by atoms with E-state index in [4.69, 9.17) is 14.4 Å². The third-order valence-corrected chi connectivity index (χ3v) is 19.1. The zero-order valence-electron chi connectivity index (χ0n) is 24.3. The molecular formula is C40H27GeN3O. The Hall–Kier alpha value is -5.46. The second-order valence-corrected chi connectivity index (χ2v) is 19.3. The van der Waals surface area contributed by atoms with Gasteiger partial charge in [0.05, 0.1) is 0 Å². The van der Waals surface area contributed by atoms with Crippen LogP contribution in [0.4, 0.5) is 0 Å². The van der Waals surface area contributed by atoms with E-state index in [2.05, 4.69) is 162 Å². The van der Waals surface area contributed by atoms with Gasteiger partial charge in [0.25, 0.3) is 0 Å². The van der Waals surface area contributed by atoms with E-state index in [-0.39, 0.29) is 0 Å². The molecular weight excluding hydrogens is 611 g/mol. The monoisotopic (exact) mass is 639 g/mol. The molecule has 0 amide bonds. The van der Waals surface area contributed by atoms with Crippen LogP contribution in [0.15, 0.2) is 168 Å². The average Bonchev–Trinajstić information content (AvgIpc) is 3.66. The van der Waals surface area contributed by atoms with Gasteiger partial charge in [0, 0.05) is 0 Å². The summed E-state index contributed by atoms with van der Waals surface area (Å²) in [5.41, 5.74) is 4.56. The van der Waals surface area contributed by atoms with Crippen LogP contribution in [0.25, 0.3) is 49.8 Å². The predicted octanol–water partition coefficient (Wildman–Crippen LogP) is 6.85. The van der Waals surface area contributed by atoms with Crippen LogP contribution in [-0.4, -0.2) is 27.8 Å². The number of benzene rings is 6. The van der Waals surface area contributed by atoms with Gasteiger partial charge in [-0.25, -0.2) is 0 Å². The summed E-state index contributed by atoms with van der Waals surface area (Å²) < 4.78 is 14.3. The van der Waals surface area contributed by atoms with Crippen LogP contribution in [0.5, 0.6) is 0 Å². The second kappa shape index (κ2) is 10.3. The van der Waals surface area contributed by atoms with E-state index >= 15 is 0 Å². The van der Waals surface area contributed by atoms with E-state index in [9.17, 15) is 0 Å². The number of furan rings is 1. The Morgan fingerprint density at radius 3 is 1.53 bits per heavy atom. The third-order valence-electron chi connectivity index (χ3n) is 9.03. The Kier molecular flexibility index (Phi) is 5.96. The number of aromatic nitrogens is 3. The molecule has 9 aromatic rings. The van der Waals surface area contributed by atoms with E-state index in [1.165, 1.54) is 28.4 Å². The summed E-state index contributed by atoms with van der Waals surface area (Å²) in [5.74, 6) is 0.634. The summed E-state index contributed by atoms with van der Waals surface area (Å²) in [6.07, 6.45) is 1.84.